The second-order valence-electron chi connectivity index (χ2n) is 9.24. The molecule has 1 N–H and O–H groups in total. The predicted molar refractivity (Wildman–Crippen MR) is 140 cm³/mol. The number of anilines is 1. The van der Waals surface area contributed by atoms with Crippen molar-refractivity contribution in [2.45, 2.75) is 31.5 Å². The van der Waals surface area contributed by atoms with Gasteiger partial charge in [0.1, 0.15) is 5.65 Å². The smallest absolute Gasteiger partial charge is 0.316 e. The molecule has 2 fully saturated rings. The van der Waals surface area contributed by atoms with Crippen LogP contribution in [-0.2, 0) is 6.54 Å². The number of nitrogens with zero attached hydrogens (tertiary/aromatic N) is 4. The molecule has 2 aliphatic rings. The molecule has 6 rings (SSSR count). The summed E-state index contributed by atoms with van der Waals surface area (Å²) in [5, 5.41) is 4.27. The van der Waals surface area contributed by atoms with Crippen molar-refractivity contribution in [1.82, 2.24) is 19.2 Å². The summed E-state index contributed by atoms with van der Waals surface area (Å²) in [6.07, 6.45) is 4.08. The molecule has 35 heavy (non-hydrogen) atoms. The first-order valence-corrected chi connectivity index (χ1v) is 12.6. The minimum absolute atomic E-state index is 0.0677. The van der Waals surface area contributed by atoms with Gasteiger partial charge in [-0.15, -0.1) is 0 Å². The van der Waals surface area contributed by atoms with E-state index in [4.69, 9.17) is 28.2 Å². The van der Waals surface area contributed by atoms with E-state index in [0.717, 1.165) is 55.1 Å². The third kappa shape index (κ3) is 4.27. The van der Waals surface area contributed by atoms with Gasteiger partial charge in [0, 0.05) is 48.5 Å². The van der Waals surface area contributed by atoms with Crippen LogP contribution in [0.2, 0.25) is 10.0 Å². The molecular formula is C27H25Cl2N5O. The fraction of sp³-hybridized carbons (Fsp3) is 0.259. The summed E-state index contributed by atoms with van der Waals surface area (Å²) < 4.78 is 2.17. The number of halogens is 2. The van der Waals surface area contributed by atoms with Crippen LogP contribution in [0.15, 0.2) is 72.9 Å². The number of para-hydroxylation sites is 1. The van der Waals surface area contributed by atoms with E-state index in [2.05, 4.69) is 20.8 Å². The minimum Gasteiger partial charge on any atom is -0.316 e. The highest BCUT2D eigenvalue weighted by molar-refractivity contribution is 6.33. The van der Waals surface area contributed by atoms with E-state index >= 15 is 0 Å². The van der Waals surface area contributed by atoms with E-state index in [1.54, 1.807) is 6.07 Å². The van der Waals surface area contributed by atoms with Crippen molar-refractivity contribution in [3.05, 3.63) is 88.7 Å². The molecule has 2 aromatic carbocycles. The number of likely N-dealkylation sites (tertiary alicyclic amines) is 1. The Labute approximate surface area is 214 Å². The fourth-order valence-electron chi connectivity index (χ4n) is 5.44. The minimum atomic E-state index is -0.0677. The number of carbonyl (C=O) groups is 1. The number of carbonyl (C=O) groups excluding carboxylic acids is 1. The summed E-state index contributed by atoms with van der Waals surface area (Å²) in [5.74, 6) is 0. The zero-order valence-electron chi connectivity index (χ0n) is 19.1. The standard InChI is InChI=1S/C27H25Cl2N5O/c28-19-10-8-18(9-11-19)26-24(33-14-4-3-7-25(33)31-26)17-32-15-20-12-13-21(16-32)34(20)27(35)30-23-6-2-1-5-22(23)29/h1-11,14,20-21H,12-13,15-17H2,(H,30,35). The predicted octanol–water partition coefficient (Wildman–Crippen LogP) is 6.19. The molecule has 0 aliphatic carbocycles. The number of imidazole rings is 1. The molecule has 2 saturated heterocycles. The van der Waals surface area contributed by atoms with Crippen molar-refractivity contribution in [2.24, 2.45) is 0 Å². The van der Waals surface area contributed by atoms with Crippen molar-refractivity contribution >= 4 is 40.6 Å². The molecule has 0 spiro atoms. The quantitative estimate of drug-likeness (QED) is 0.359. The van der Waals surface area contributed by atoms with Crippen LogP contribution in [-0.4, -0.2) is 50.4 Å². The van der Waals surface area contributed by atoms with Crippen molar-refractivity contribution in [3.63, 3.8) is 0 Å². The van der Waals surface area contributed by atoms with Gasteiger partial charge < -0.3 is 14.6 Å². The summed E-state index contributed by atoms with van der Waals surface area (Å²) in [4.78, 5) is 22.6. The number of benzene rings is 2. The van der Waals surface area contributed by atoms with Crippen LogP contribution < -0.4 is 5.32 Å². The monoisotopic (exact) mass is 505 g/mol. The highest BCUT2D eigenvalue weighted by Crippen LogP contribution is 2.34. The molecule has 2 atom stereocenters. The van der Waals surface area contributed by atoms with E-state index in [1.807, 2.05) is 65.6 Å². The number of amides is 2. The highest BCUT2D eigenvalue weighted by Gasteiger charge is 2.43. The molecular weight excluding hydrogens is 481 g/mol. The molecule has 4 aromatic rings. The molecule has 0 radical (unpaired) electrons. The Kier molecular flexibility index (Phi) is 5.88. The SMILES string of the molecule is O=C(Nc1ccccc1Cl)N1C2CCC1CN(Cc1c(-c3ccc(Cl)cc3)nc3ccccn13)C2. The number of piperazine rings is 1. The van der Waals surface area contributed by atoms with Crippen LogP contribution >= 0.6 is 23.2 Å². The third-order valence-electron chi connectivity index (χ3n) is 7.03. The molecule has 2 amide bonds. The molecule has 2 aliphatic heterocycles. The lowest BCUT2D eigenvalue weighted by atomic mass is 10.1. The Morgan fingerprint density at radius 2 is 1.66 bits per heavy atom. The Hall–Kier alpha value is -3.06. The van der Waals surface area contributed by atoms with Gasteiger partial charge in [-0.2, -0.15) is 0 Å². The van der Waals surface area contributed by atoms with Gasteiger partial charge >= 0.3 is 6.03 Å². The van der Waals surface area contributed by atoms with E-state index < -0.39 is 0 Å². The number of fused-ring (bicyclic) bond motifs is 3. The number of hydrogen-bond acceptors (Lipinski definition) is 3. The van der Waals surface area contributed by atoms with E-state index in [0.29, 0.717) is 15.7 Å². The summed E-state index contributed by atoms with van der Waals surface area (Å²) in [6, 6.07) is 21.6. The first-order chi connectivity index (χ1) is 17.1. The summed E-state index contributed by atoms with van der Waals surface area (Å²) in [6.45, 7) is 2.41. The summed E-state index contributed by atoms with van der Waals surface area (Å²) in [7, 11) is 0. The molecule has 6 nitrogen and oxygen atoms in total. The number of urea groups is 1. The number of aromatic nitrogens is 2. The first-order valence-electron chi connectivity index (χ1n) is 11.8. The summed E-state index contributed by atoms with van der Waals surface area (Å²) in [5.41, 5.74) is 4.75. The molecule has 178 valence electrons. The van der Waals surface area contributed by atoms with Gasteiger partial charge in [0.05, 0.1) is 22.1 Å². The number of pyridine rings is 1. The second-order valence-corrected chi connectivity index (χ2v) is 10.1. The van der Waals surface area contributed by atoms with Crippen LogP contribution in [0.3, 0.4) is 0 Å². The Morgan fingerprint density at radius 3 is 2.40 bits per heavy atom. The number of nitrogens with one attached hydrogen (secondary N) is 1. The van der Waals surface area contributed by atoms with Gasteiger partial charge in [-0.05, 0) is 49.2 Å². The number of hydrogen-bond donors (Lipinski definition) is 1. The van der Waals surface area contributed by atoms with Crippen molar-refractivity contribution < 1.29 is 4.79 Å². The van der Waals surface area contributed by atoms with Gasteiger partial charge in [-0.25, -0.2) is 9.78 Å². The lowest BCUT2D eigenvalue weighted by molar-refractivity contribution is 0.0894. The van der Waals surface area contributed by atoms with Gasteiger partial charge in [0.25, 0.3) is 0 Å². The van der Waals surface area contributed by atoms with Crippen molar-refractivity contribution in [2.75, 3.05) is 18.4 Å². The van der Waals surface area contributed by atoms with Gasteiger partial charge in [0.15, 0.2) is 0 Å². The molecule has 4 heterocycles. The van der Waals surface area contributed by atoms with Crippen LogP contribution in [0.25, 0.3) is 16.9 Å². The van der Waals surface area contributed by atoms with E-state index in [1.165, 1.54) is 0 Å². The van der Waals surface area contributed by atoms with E-state index in [-0.39, 0.29) is 18.1 Å². The Morgan fingerprint density at radius 1 is 0.943 bits per heavy atom. The van der Waals surface area contributed by atoms with Crippen molar-refractivity contribution in [1.29, 1.82) is 0 Å². The number of rotatable bonds is 4. The van der Waals surface area contributed by atoms with Gasteiger partial charge in [-0.3, -0.25) is 4.90 Å². The summed E-state index contributed by atoms with van der Waals surface area (Å²) >= 11 is 12.4. The fourth-order valence-corrected chi connectivity index (χ4v) is 5.75. The van der Waals surface area contributed by atoms with Gasteiger partial charge in [-0.1, -0.05) is 53.5 Å². The van der Waals surface area contributed by atoms with Crippen LogP contribution in [0, 0.1) is 0 Å². The van der Waals surface area contributed by atoms with E-state index in [9.17, 15) is 4.79 Å². The van der Waals surface area contributed by atoms with Gasteiger partial charge in [0.2, 0.25) is 0 Å². The largest absolute Gasteiger partial charge is 0.322 e. The van der Waals surface area contributed by atoms with Crippen LogP contribution in [0.4, 0.5) is 10.5 Å². The zero-order valence-corrected chi connectivity index (χ0v) is 20.6. The molecule has 8 heteroatoms. The van der Waals surface area contributed by atoms with Crippen LogP contribution in [0.5, 0.6) is 0 Å². The maximum Gasteiger partial charge on any atom is 0.322 e. The lowest BCUT2D eigenvalue weighted by Gasteiger charge is -2.41. The maximum absolute atomic E-state index is 13.2. The van der Waals surface area contributed by atoms with Crippen LogP contribution in [0.1, 0.15) is 18.5 Å². The zero-order chi connectivity index (χ0) is 23.9. The molecule has 2 bridgehead atoms. The third-order valence-corrected chi connectivity index (χ3v) is 7.61. The van der Waals surface area contributed by atoms with Crippen molar-refractivity contribution in [3.8, 4) is 11.3 Å². The second kappa shape index (κ2) is 9.19. The molecule has 2 aromatic heterocycles. The first kappa shape index (κ1) is 22.4. The normalized spacial score (nSPS) is 19.9. The molecule has 2 unspecified atom stereocenters. The average molecular weight is 506 g/mol. The maximum atomic E-state index is 13.2. The topological polar surface area (TPSA) is 52.9 Å². The Balaban J connectivity index is 1.24. The Bertz CT molecular complexity index is 1370. The highest BCUT2D eigenvalue weighted by atomic mass is 35.5. The lowest BCUT2D eigenvalue weighted by Crippen LogP contribution is -2.56. The molecule has 0 saturated carbocycles. The average Bonchev–Trinajstić information content (AvgIpc) is 3.35.